The molecule has 5 heteroatoms. The molecule has 2 atom stereocenters. The van der Waals surface area contributed by atoms with Crippen LogP contribution in [-0.2, 0) is 9.47 Å². The second-order valence-electron chi connectivity index (χ2n) is 8.26. The largest absolute Gasteiger partial charge is 0.444 e. The maximum Gasteiger partial charge on any atom is 0.410 e. The maximum absolute atomic E-state index is 12.4. The van der Waals surface area contributed by atoms with Crippen molar-refractivity contribution in [3.05, 3.63) is 0 Å². The minimum Gasteiger partial charge on any atom is -0.444 e. The van der Waals surface area contributed by atoms with Crippen molar-refractivity contribution in [3.63, 3.8) is 0 Å². The predicted molar refractivity (Wildman–Crippen MR) is 103 cm³/mol. The van der Waals surface area contributed by atoms with Crippen molar-refractivity contribution < 1.29 is 14.3 Å². The summed E-state index contributed by atoms with van der Waals surface area (Å²) in [4.78, 5) is 14.3. The first kappa shape index (κ1) is 22.2. The Kier molecular flexibility index (Phi) is 10.4. The zero-order valence-corrected chi connectivity index (χ0v) is 17.1. The molecular formula is C20H40N2O3. The van der Waals surface area contributed by atoms with E-state index in [-0.39, 0.29) is 12.1 Å². The summed E-state index contributed by atoms with van der Waals surface area (Å²) in [5.74, 6) is 0. The van der Waals surface area contributed by atoms with Gasteiger partial charge in [-0.2, -0.15) is 0 Å². The van der Waals surface area contributed by atoms with Crippen molar-refractivity contribution in [1.29, 1.82) is 0 Å². The number of rotatable bonds is 10. The van der Waals surface area contributed by atoms with Crippen molar-refractivity contribution >= 4 is 6.09 Å². The van der Waals surface area contributed by atoms with Gasteiger partial charge in [0.05, 0.1) is 19.3 Å². The molecule has 5 nitrogen and oxygen atoms in total. The molecule has 1 amide bonds. The van der Waals surface area contributed by atoms with Crippen molar-refractivity contribution in [2.45, 2.75) is 97.2 Å². The Balaban J connectivity index is 2.30. The number of nitrogens with one attached hydrogen (secondary N) is 1. The molecule has 1 aliphatic heterocycles. The van der Waals surface area contributed by atoms with E-state index in [0.717, 1.165) is 13.0 Å². The first-order valence-corrected chi connectivity index (χ1v) is 10.1. The number of hydrogen-bond acceptors (Lipinski definition) is 4. The molecule has 0 aliphatic carbocycles. The highest BCUT2D eigenvalue weighted by Crippen LogP contribution is 2.17. The van der Waals surface area contributed by atoms with Gasteiger partial charge in [0.15, 0.2) is 0 Å². The fourth-order valence-electron chi connectivity index (χ4n) is 3.16. The van der Waals surface area contributed by atoms with E-state index in [2.05, 4.69) is 19.2 Å². The number of ether oxygens (including phenoxy) is 2. The van der Waals surface area contributed by atoms with Gasteiger partial charge >= 0.3 is 6.09 Å². The molecule has 1 saturated heterocycles. The van der Waals surface area contributed by atoms with Gasteiger partial charge in [-0.1, -0.05) is 39.0 Å². The van der Waals surface area contributed by atoms with Crippen LogP contribution >= 0.6 is 0 Å². The minimum absolute atomic E-state index is 0.0932. The van der Waals surface area contributed by atoms with Gasteiger partial charge in [0.25, 0.3) is 0 Å². The third-order valence-electron chi connectivity index (χ3n) is 4.50. The first-order valence-electron chi connectivity index (χ1n) is 10.1. The predicted octanol–water partition coefficient (Wildman–Crippen LogP) is 4.35. The molecule has 148 valence electrons. The molecule has 0 aromatic carbocycles. The SMILES string of the molecule is CCCCCCCCNC(C)CC1COCCN1C(=O)OC(C)(C)C. The van der Waals surface area contributed by atoms with Gasteiger partial charge in [-0.05, 0) is 47.1 Å². The molecule has 1 heterocycles. The van der Waals surface area contributed by atoms with Crippen molar-refractivity contribution in [2.75, 3.05) is 26.3 Å². The third-order valence-corrected chi connectivity index (χ3v) is 4.50. The Morgan fingerprint density at radius 2 is 1.92 bits per heavy atom. The quantitative estimate of drug-likeness (QED) is 0.591. The molecule has 0 bridgehead atoms. The number of unbranched alkanes of at least 4 members (excludes halogenated alkanes) is 5. The molecule has 1 fully saturated rings. The number of nitrogens with zero attached hydrogens (tertiary/aromatic N) is 1. The van der Waals surface area contributed by atoms with Crippen LogP contribution in [-0.4, -0.2) is 55.0 Å². The van der Waals surface area contributed by atoms with E-state index in [1.807, 2.05) is 25.7 Å². The lowest BCUT2D eigenvalue weighted by Gasteiger charge is -2.37. The van der Waals surface area contributed by atoms with Crippen LogP contribution in [0.4, 0.5) is 4.79 Å². The zero-order valence-electron chi connectivity index (χ0n) is 17.1. The van der Waals surface area contributed by atoms with E-state index in [0.29, 0.717) is 25.8 Å². The van der Waals surface area contributed by atoms with Gasteiger partial charge in [-0.25, -0.2) is 4.79 Å². The highest BCUT2D eigenvalue weighted by molar-refractivity contribution is 5.68. The summed E-state index contributed by atoms with van der Waals surface area (Å²) in [6, 6.07) is 0.461. The van der Waals surface area contributed by atoms with Crippen LogP contribution in [0.15, 0.2) is 0 Å². The fraction of sp³-hybridized carbons (Fsp3) is 0.950. The third kappa shape index (κ3) is 10.0. The summed E-state index contributed by atoms with van der Waals surface area (Å²) >= 11 is 0. The van der Waals surface area contributed by atoms with E-state index < -0.39 is 5.60 Å². The van der Waals surface area contributed by atoms with Crippen LogP contribution in [0.25, 0.3) is 0 Å². The Morgan fingerprint density at radius 1 is 1.24 bits per heavy atom. The summed E-state index contributed by atoms with van der Waals surface area (Å²) in [6.07, 6.45) is 8.56. The van der Waals surface area contributed by atoms with Crippen LogP contribution in [0.5, 0.6) is 0 Å². The molecule has 0 saturated carbocycles. The lowest BCUT2D eigenvalue weighted by atomic mass is 10.1. The Hall–Kier alpha value is -0.810. The van der Waals surface area contributed by atoms with Crippen molar-refractivity contribution in [1.82, 2.24) is 10.2 Å². The van der Waals surface area contributed by atoms with Crippen LogP contribution < -0.4 is 5.32 Å². The molecule has 1 rings (SSSR count). The van der Waals surface area contributed by atoms with Gasteiger partial charge in [0.1, 0.15) is 5.60 Å². The van der Waals surface area contributed by atoms with Crippen LogP contribution in [0.3, 0.4) is 0 Å². The average molecular weight is 357 g/mol. The van der Waals surface area contributed by atoms with Crippen molar-refractivity contribution in [2.24, 2.45) is 0 Å². The Bertz CT molecular complexity index is 368. The van der Waals surface area contributed by atoms with Crippen LogP contribution in [0.2, 0.25) is 0 Å². The number of carbonyl (C=O) groups is 1. The molecule has 0 radical (unpaired) electrons. The first-order chi connectivity index (χ1) is 11.8. The molecule has 0 aromatic heterocycles. The highest BCUT2D eigenvalue weighted by atomic mass is 16.6. The zero-order chi connectivity index (χ0) is 18.7. The molecule has 1 aliphatic rings. The Morgan fingerprint density at radius 3 is 2.60 bits per heavy atom. The standard InChI is InChI=1S/C20H40N2O3/c1-6-7-8-9-10-11-12-21-17(2)15-18-16-24-14-13-22(18)19(23)25-20(3,4)5/h17-18,21H,6-16H2,1-5H3. The Labute approximate surface area is 154 Å². The van der Waals surface area contributed by atoms with Crippen LogP contribution in [0, 0.1) is 0 Å². The van der Waals surface area contributed by atoms with Crippen LogP contribution in [0.1, 0.15) is 79.6 Å². The lowest BCUT2D eigenvalue weighted by Crippen LogP contribution is -2.52. The van der Waals surface area contributed by atoms with Gasteiger partial charge in [0, 0.05) is 12.6 Å². The van der Waals surface area contributed by atoms with Gasteiger partial charge < -0.3 is 19.7 Å². The monoisotopic (exact) mass is 356 g/mol. The molecule has 0 aromatic rings. The van der Waals surface area contributed by atoms with Gasteiger partial charge in [-0.15, -0.1) is 0 Å². The summed E-state index contributed by atoms with van der Waals surface area (Å²) in [7, 11) is 0. The molecule has 1 N–H and O–H groups in total. The number of morpholine rings is 1. The second kappa shape index (κ2) is 11.7. The summed E-state index contributed by atoms with van der Waals surface area (Å²) in [6.45, 7) is 13.0. The molecule has 0 spiro atoms. The highest BCUT2D eigenvalue weighted by Gasteiger charge is 2.31. The summed E-state index contributed by atoms with van der Waals surface area (Å²) < 4.78 is 11.1. The fourth-order valence-corrected chi connectivity index (χ4v) is 3.16. The molecule has 2 unspecified atom stereocenters. The van der Waals surface area contributed by atoms with E-state index in [4.69, 9.17) is 9.47 Å². The molecular weight excluding hydrogens is 316 g/mol. The summed E-state index contributed by atoms with van der Waals surface area (Å²) in [5.41, 5.74) is -0.457. The van der Waals surface area contributed by atoms with E-state index in [9.17, 15) is 4.79 Å². The lowest BCUT2D eigenvalue weighted by molar-refractivity contribution is -0.0355. The second-order valence-corrected chi connectivity index (χ2v) is 8.26. The normalized spacial score (nSPS) is 19.7. The van der Waals surface area contributed by atoms with E-state index in [1.165, 1.54) is 38.5 Å². The van der Waals surface area contributed by atoms with Crippen molar-refractivity contribution in [3.8, 4) is 0 Å². The minimum atomic E-state index is -0.457. The van der Waals surface area contributed by atoms with E-state index in [1.54, 1.807) is 0 Å². The number of hydrogen-bond donors (Lipinski definition) is 1. The molecule has 25 heavy (non-hydrogen) atoms. The average Bonchev–Trinajstić information content (AvgIpc) is 2.53. The maximum atomic E-state index is 12.4. The number of amides is 1. The van der Waals surface area contributed by atoms with E-state index >= 15 is 0 Å². The topological polar surface area (TPSA) is 50.8 Å². The summed E-state index contributed by atoms with van der Waals surface area (Å²) in [5, 5.41) is 3.59. The number of carbonyl (C=O) groups excluding carboxylic acids is 1. The van der Waals surface area contributed by atoms with Gasteiger partial charge in [0.2, 0.25) is 0 Å². The van der Waals surface area contributed by atoms with Gasteiger partial charge in [-0.3, -0.25) is 0 Å². The smallest absolute Gasteiger partial charge is 0.410 e.